The summed E-state index contributed by atoms with van der Waals surface area (Å²) in [7, 11) is 2.14. The molecule has 1 fully saturated rings. The van der Waals surface area contributed by atoms with E-state index >= 15 is 0 Å². The number of nitrogens with one attached hydrogen (secondary N) is 1. The van der Waals surface area contributed by atoms with Gasteiger partial charge in [0.2, 0.25) is 0 Å². The third-order valence-electron chi connectivity index (χ3n) is 3.41. The molecule has 0 unspecified atom stereocenters. The predicted molar refractivity (Wildman–Crippen MR) is 76.2 cm³/mol. The van der Waals surface area contributed by atoms with E-state index in [1.54, 1.807) is 12.4 Å². The summed E-state index contributed by atoms with van der Waals surface area (Å²) in [5.74, 6) is 0. The van der Waals surface area contributed by atoms with E-state index in [-0.39, 0.29) is 0 Å². The van der Waals surface area contributed by atoms with Crippen LogP contribution in [0.3, 0.4) is 0 Å². The zero-order chi connectivity index (χ0) is 13.7. The van der Waals surface area contributed by atoms with Crippen molar-refractivity contribution in [3.63, 3.8) is 0 Å². The number of hydrogen-bond donors (Lipinski definition) is 1. The fraction of sp³-hybridized carbons (Fsp3) is 0.429. The third-order valence-corrected chi connectivity index (χ3v) is 3.41. The van der Waals surface area contributed by atoms with Crippen molar-refractivity contribution >= 4 is 6.21 Å². The molecule has 2 aliphatic rings. The highest BCUT2D eigenvalue weighted by molar-refractivity contribution is 5.75. The molecule has 0 radical (unpaired) electrons. The van der Waals surface area contributed by atoms with Gasteiger partial charge in [-0.2, -0.15) is 10.4 Å². The van der Waals surface area contributed by atoms with Gasteiger partial charge < -0.3 is 9.80 Å². The molecule has 1 N–H and O–H groups in total. The van der Waals surface area contributed by atoms with Gasteiger partial charge in [0, 0.05) is 43.3 Å². The van der Waals surface area contributed by atoms with Crippen molar-refractivity contribution in [1.82, 2.24) is 15.2 Å². The van der Waals surface area contributed by atoms with Crippen LogP contribution in [0, 0.1) is 11.3 Å². The molecule has 0 saturated carbocycles. The van der Waals surface area contributed by atoms with E-state index in [2.05, 4.69) is 40.0 Å². The van der Waals surface area contributed by atoms with Crippen molar-refractivity contribution in [1.29, 1.82) is 5.26 Å². The molecule has 0 aromatic carbocycles. The van der Waals surface area contributed by atoms with Gasteiger partial charge >= 0.3 is 0 Å². The van der Waals surface area contributed by atoms with Crippen molar-refractivity contribution in [3.05, 3.63) is 35.7 Å². The number of likely N-dealkylation sites (N-methyl/N-ethyl adjacent to an activating group) is 1. The molecule has 0 bridgehead atoms. The van der Waals surface area contributed by atoms with E-state index in [9.17, 15) is 0 Å². The molecule has 5 heteroatoms. The highest BCUT2D eigenvalue weighted by Crippen LogP contribution is 2.22. The Bertz CT molecular complexity index is 481. The fourth-order valence-corrected chi connectivity index (χ4v) is 2.26. The largest absolute Gasteiger partial charge is 0.370 e. The Hall–Kier alpha value is -2.06. The summed E-state index contributed by atoms with van der Waals surface area (Å²) in [6, 6.07) is 2.16. The van der Waals surface area contributed by atoms with E-state index in [1.807, 2.05) is 6.08 Å². The minimum atomic E-state index is 0.528. The summed E-state index contributed by atoms with van der Waals surface area (Å²) in [4.78, 5) is 4.61. The molecule has 0 aromatic rings. The zero-order valence-corrected chi connectivity index (χ0v) is 11.3. The zero-order valence-electron chi connectivity index (χ0n) is 11.3. The Morgan fingerprint density at radius 3 is 3.00 bits per heavy atom. The molecule has 19 heavy (non-hydrogen) atoms. The van der Waals surface area contributed by atoms with E-state index in [0.717, 1.165) is 43.9 Å². The fourth-order valence-electron chi connectivity index (χ4n) is 2.26. The summed E-state index contributed by atoms with van der Waals surface area (Å²) >= 11 is 0. The first-order valence-electron chi connectivity index (χ1n) is 6.44. The molecule has 100 valence electrons. The first-order chi connectivity index (χ1) is 9.22. The highest BCUT2D eigenvalue weighted by Gasteiger charge is 2.18. The molecule has 0 aromatic heterocycles. The molecule has 0 amide bonds. The molecule has 0 atom stereocenters. The SMILES string of the molecule is C=C1/C(C#N)=C\N/N=C\C=C/1N1CCCN(C)CC1. The van der Waals surface area contributed by atoms with Gasteiger partial charge in [0.25, 0.3) is 0 Å². The average Bonchev–Trinajstić information content (AvgIpc) is 2.60. The van der Waals surface area contributed by atoms with Crippen LogP contribution in [0.4, 0.5) is 0 Å². The molecular formula is C14H19N5. The van der Waals surface area contributed by atoms with Gasteiger partial charge in [-0.25, -0.2) is 0 Å². The van der Waals surface area contributed by atoms with Crippen molar-refractivity contribution in [2.24, 2.45) is 5.10 Å². The number of allylic oxidation sites excluding steroid dienone is 2. The minimum absolute atomic E-state index is 0.528. The number of hydrazone groups is 1. The third kappa shape index (κ3) is 3.24. The van der Waals surface area contributed by atoms with Crippen LogP contribution in [0.1, 0.15) is 6.42 Å². The van der Waals surface area contributed by atoms with E-state index in [1.165, 1.54) is 0 Å². The maximum Gasteiger partial charge on any atom is 0.101 e. The van der Waals surface area contributed by atoms with Crippen molar-refractivity contribution in [3.8, 4) is 6.07 Å². The van der Waals surface area contributed by atoms with Gasteiger partial charge in [-0.15, -0.1) is 0 Å². The van der Waals surface area contributed by atoms with Gasteiger partial charge in [0.1, 0.15) is 6.07 Å². The molecule has 2 heterocycles. The number of nitrogens with zero attached hydrogens (tertiary/aromatic N) is 4. The quantitative estimate of drug-likeness (QED) is 0.763. The molecule has 0 aliphatic carbocycles. The molecule has 5 nitrogen and oxygen atoms in total. The summed E-state index contributed by atoms with van der Waals surface area (Å²) < 4.78 is 0. The summed E-state index contributed by atoms with van der Waals surface area (Å²) in [5.41, 5.74) is 4.99. The van der Waals surface area contributed by atoms with Crippen LogP contribution < -0.4 is 5.43 Å². The van der Waals surface area contributed by atoms with Crippen molar-refractivity contribution < 1.29 is 0 Å². The molecule has 2 aliphatic heterocycles. The first-order valence-corrected chi connectivity index (χ1v) is 6.44. The standard InChI is InChI=1S/C14H19N5/c1-12-13(10-15)11-17-16-5-4-14(12)19-7-3-6-18(2)8-9-19/h4-5,11,17H,1,3,6-9H2,2H3/b13-11-,14-4+,16-5-. The maximum atomic E-state index is 9.17. The Labute approximate surface area is 114 Å². The number of nitriles is 1. The topological polar surface area (TPSA) is 54.7 Å². The van der Waals surface area contributed by atoms with Crippen molar-refractivity contribution in [2.45, 2.75) is 6.42 Å². The molecule has 0 spiro atoms. The van der Waals surface area contributed by atoms with Crippen LogP contribution in [-0.2, 0) is 0 Å². The minimum Gasteiger partial charge on any atom is -0.370 e. The molecular weight excluding hydrogens is 238 g/mol. The van der Waals surface area contributed by atoms with Crippen LogP contribution >= 0.6 is 0 Å². The van der Waals surface area contributed by atoms with Crippen molar-refractivity contribution in [2.75, 3.05) is 33.2 Å². The lowest BCUT2D eigenvalue weighted by Crippen LogP contribution is -2.29. The van der Waals surface area contributed by atoms with Gasteiger partial charge in [0.05, 0.1) is 5.57 Å². The van der Waals surface area contributed by atoms with Gasteiger partial charge in [-0.1, -0.05) is 6.58 Å². The van der Waals surface area contributed by atoms with Gasteiger partial charge in [-0.3, -0.25) is 5.43 Å². The second-order valence-electron chi connectivity index (χ2n) is 4.75. The smallest absolute Gasteiger partial charge is 0.101 e. The summed E-state index contributed by atoms with van der Waals surface area (Å²) in [6.07, 6.45) is 6.34. The van der Waals surface area contributed by atoms with Crippen LogP contribution in [-0.4, -0.2) is 49.2 Å². The Balaban J connectivity index is 2.23. The monoisotopic (exact) mass is 257 g/mol. The number of rotatable bonds is 1. The highest BCUT2D eigenvalue weighted by atomic mass is 15.3. The molecule has 2 rings (SSSR count). The second kappa shape index (κ2) is 6.21. The maximum absolute atomic E-state index is 9.17. The van der Waals surface area contributed by atoms with Gasteiger partial charge in [-0.05, 0) is 26.1 Å². The lowest BCUT2D eigenvalue weighted by atomic mass is 10.0. The Kier molecular flexibility index (Phi) is 4.37. The first kappa shape index (κ1) is 13.4. The lowest BCUT2D eigenvalue weighted by Gasteiger charge is -2.27. The number of hydrogen-bond acceptors (Lipinski definition) is 5. The Morgan fingerprint density at radius 1 is 1.37 bits per heavy atom. The van der Waals surface area contributed by atoms with Crippen LogP contribution in [0.5, 0.6) is 0 Å². The predicted octanol–water partition coefficient (Wildman–Crippen LogP) is 1.06. The van der Waals surface area contributed by atoms with E-state index in [0.29, 0.717) is 5.57 Å². The Morgan fingerprint density at radius 2 is 2.21 bits per heavy atom. The second-order valence-corrected chi connectivity index (χ2v) is 4.75. The summed E-state index contributed by atoms with van der Waals surface area (Å²) in [6.45, 7) is 8.11. The molecule has 1 saturated heterocycles. The summed E-state index contributed by atoms with van der Waals surface area (Å²) in [5, 5.41) is 13.2. The normalized spacial score (nSPS) is 28.6. The van der Waals surface area contributed by atoms with E-state index in [4.69, 9.17) is 5.26 Å². The van der Waals surface area contributed by atoms with E-state index < -0.39 is 0 Å². The average molecular weight is 257 g/mol. The van der Waals surface area contributed by atoms with Crippen LogP contribution in [0.15, 0.2) is 40.8 Å². The van der Waals surface area contributed by atoms with Crippen LogP contribution in [0.25, 0.3) is 0 Å². The van der Waals surface area contributed by atoms with Crippen LogP contribution in [0.2, 0.25) is 0 Å². The van der Waals surface area contributed by atoms with Gasteiger partial charge in [0.15, 0.2) is 0 Å². The lowest BCUT2D eigenvalue weighted by molar-refractivity contribution is 0.329.